The Morgan fingerprint density at radius 3 is 2.90 bits per heavy atom. The molecule has 0 saturated carbocycles. The molecule has 106 valence electrons. The molecule has 6 nitrogen and oxygen atoms in total. The summed E-state index contributed by atoms with van der Waals surface area (Å²) >= 11 is 1.52. The molecule has 0 radical (unpaired) electrons. The van der Waals surface area contributed by atoms with E-state index in [1.54, 1.807) is 0 Å². The van der Waals surface area contributed by atoms with E-state index in [2.05, 4.69) is 21.4 Å². The Hall–Kier alpha value is -2.67. The molecule has 1 aromatic carbocycles. The third kappa shape index (κ3) is 2.63. The Balaban J connectivity index is 1.94. The van der Waals surface area contributed by atoms with Gasteiger partial charge in [0.1, 0.15) is 5.82 Å². The number of carbonyl (C=O) groups excluding carboxylic acids is 1. The van der Waals surface area contributed by atoms with Crippen molar-refractivity contribution in [3.8, 4) is 0 Å². The highest BCUT2D eigenvalue weighted by Crippen LogP contribution is 2.29. The average molecular weight is 299 g/mol. The van der Waals surface area contributed by atoms with Crippen LogP contribution in [0.2, 0.25) is 0 Å². The smallest absolute Gasteiger partial charge is 0.250 e. The van der Waals surface area contributed by atoms with Crippen molar-refractivity contribution < 1.29 is 4.79 Å². The van der Waals surface area contributed by atoms with E-state index in [-0.39, 0.29) is 11.3 Å². The number of hydrogen-bond acceptors (Lipinski definition) is 6. The number of amides is 1. The van der Waals surface area contributed by atoms with Crippen LogP contribution in [0.25, 0.3) is 10.2 Å². The summed E-state index contributed by atoms with van der Waals surface area (Å²) in [6.07, 6.45) is 1.40. The van der Waals surface area contributed by atoms with Gasteiger partial charge in [-0.15, -0.1) is 0 Å². The summed E-state index contributed by atoms with van der Waals surface area (Å²) < 4.78 is 1.09. The lowest BCUT2D eigenvalue weighted by Gasteiger charge is -2.05. The molecule has 0 spiro atoms. The van der Waals surface area contributed by atoms with Gasteiger partial charge in [0.25, 0.3) is 5.91 Å². The molecule has 0 atom stereocenters. The Labute approximate surface area is 124 Å². The number of nitrogens with one attached hydrogen (secondary N) is 1. The highest BCUT2D eigenvalue weighted by molar-refractivity contribution is 7.22. The molecule has 21 heavy (non-hydrogen) atoms. The summed E-state index contributed by atoms with van der Waals surface area (Å²) in [6, 6.07) is 7.58. The van der Waals surface area contributed by atoms with Gasteiger partial charge in [-0.1, -0.05) is 17.4 Å². The summed E-state index contributed by atoms with van der Waals surface area (Å²) in [6.45, 7) is 2.03. The van der Waals surface area contributed by atoms with Crippen molar-refractivity contribution in [1.82, 2.24) is 9.97 Å². The second-order valence-electron chi connectivity index (χ2n) is 4.64. The quantitative estimate of drug-likeness (QED) is 0.688. The van der Waals surface area contributed by atoms with Gasteiger partial charge in [0.05, 0.1) is 27.7 Å². The van der Waals surface area contributed by atoms with Gasteiger partial charge in [0.15, 0.2) is 5.13 Å². The molecule has 0 bridgehead atoms. The number of anilines is 3. The Bertz CT molecular complexity index is 842. The number of primary amides is 1. The first-order chi connectivity index (χ1) is 10.0. The van der Waals surface area contributed by atoms with Crippen LogP contribution in [0, 0.1) is 6.92 Å². The number of pyridine rings is 1. The topological polar surface area (TPSA) is 107 Å². The van der Waals surface area contributed by atoms with E-state index in [0.717, 1.165) is 10.2 Å². The molecule has 0 aliphatic rings. The van der Waals surface area contributed by atoms with Crippen LogP contribution < -0.4 is 16.8 Å². The van der Waals surface area contributed by atoms with Crippen LogP contribution in [0.15, 0.2) is 30.5 Å². The minimum absolute atomic E-state index is 0.240. The third-order valence-corrected chi connectivity index (χ3v) is 3.91. The van der Waals surface area contributed by atoms with Crippen molar-refractivity contribution in [3.05, 3.63) is 41.6 Å². The predicted octanol–water partition coefficient (Wildman–Crippen LogP) is 2.42. The zero-order chi connectivity index (χ0) is 15.0. The maximum absolute atomic E-state index is 11.3. The van der Waals surface area contributed by atoms with Gasteiger partial charge < -0.3 is 16.8 Å². The first-order valence-electron chi connectivity index (χ1n) is 6.22. The SMILES string of the molecule is Cc1ccc2nc(Nc3cc(C(N)=O)c(N)cn3)sc2c1. The summed E-state index contributed by atoms with van der Waals surface area (Å²) in [5.41, 5.74) is 13.5. The van der Waals surface area contributed by atoms with Crippen molar-refractivity contribution >= 4 is 44.1 Å². The number of carbonyl (C=O) groups is 1. The molecular formula is C14H13N5OS. The maximum atomic E-state index is 11.3. The second kappa shape index (κ2) is 5.02. The molecule has 0 aliphatic carbocycles. The van der Waals surface area contributed by atoms with Crippen molar-refractivity contribution in [1.29, 1.82) is 0 Å². The largest absolute Gasteiger partial charge is 0.397 e. The molecule has 2 heterocycles. The summed E-state index contributed by atoms with van der Waals surface area (Å²) in [4.78, 5) is 19.9. The lowest BCUT2D eigenvalue weighted by atomic mass is 10.2. The molecule has 1 amide bonds. The van der Waals surface area contributed by atoms with E-state index in [0.29, 0.717) is 10.9 Å². The number of rotatable bonds is 3. The first-order valence-corrected chi connectivity index (χ1v) is 7.04. The van der Waals surface area contributed by atoms with Crippen molar-refractivity contribution in [2.45, 2.75) is 6.92 Å². The lowest BCUT2D eigenvalue weighted by molar-refractivity contribution is 0.100. The molecule has 5 N–H and O–H groups in total. The number of hydrogen-bond donors (Lipinski definition) is 3. The van der Waals surface area contributed by atoms with E-state index >= 15 is 0 Å². The Morgan fingerprint density at radius 1 is 1.33 bits per heavy atom. The molecule has 3 aromatic rings. The van der Waals surface area contributed by atoms with Gasteiger partial charge in [-0.3, -0.25) is 4.79 Å². The van der Waals surface area contributed by atoms with Gasteiger partial charge in [-0.05, 0) is 30.7 Å². The minimum Gasteiger partial charge on any atom is -0.397 e. The number of nitrogen functional groups attached to an aromatic ring is 1. The fourth-order valence-corrected chi connectivity index (χ4v) is 2.91. The third-order valence-electron chi connectivity index (χ3n) is 2.98. The number of nitrogens with two attached hydrogens (primary N) is 2. The molecule has 0 unspecified atom stereocenters. The van der Waals surface area contributed by atoms with Gasteiger partial charge in [0, 0.05) is 0 Å². The van der Waals surface area contributed by atoms with Crippen LogP contribution in [0.4, 0.5) is 16.6 Å². The summed E-state index contributed by atoms with van der Waals surface area (Å²) in [5.74, 6) is -0.105. The molecule has 2 aromatic heterocycles. The van der Waals surface area contributed by atoms with Gasteiger partial charge >= 0.3 is 0 Å². The first kappa shape index (κ1) is 13.3. The number of benzene rings is 1. The number of aromatic nitrogens is 2. The normalized spacial score (nSPS) is 10.7. The van der Waals surface area contributed by atoms with Crippen molar-refractivity contribution in [3.63, 3.8) is 0 Å². The van der Waals surface area contributed by atoms with E-state index in [9.17, 15) is 4.79 Å². The number of nitrogens with zero attached hydrogens (tertiary/aromatic N) is 2. The predicted molar refractivity (Wildman–Crippen MR) is 84.8 cm³/mol. The Morgan fingerprint density at radius 2 is 2.14 bits per heavy atom. The Kier molecular flexibility index (Phi) is 3.19. The van der Waals surface area contributed by atoms with E-state index < -0.39 is 5.91 Å². The van der Waals surface area contributed by atoms with E-state index in [1.165, 1.54) is 29.2 Å². The molecule has 3 rings (SSSR count). The molecule has 0 fully saturated rings. The molecular weight excluding hydrogens is 286 g/mol. The standard InChI is InChI=1S/C14H13N5OS/c1-7-2-3-10-11(4-7)21-14(18-10)19-12-5-8(13(16)20)9(15)6-17-12/h2-6H,15H2,1H3,(H2,16,20)(H,17,18,19). The number of thiazole rings is 1. The molecule has 0 saturated heterocycles. The molecule has 7 heteroatoms. The number of aryl methyl sites for hydroxylation is 1. The summed E-state index contributed by atoms with van der Waals surface area (Å²) in [5, 5.41) is 3.77. The molecule has 0 aliphatic heterocycles. The lowest BCUT2D eigenvalue weighted by Crippen LogP contribution is -2.14. The number of fused-ring (bicyclic) bond motifs is 1. The maximum Gasteiger partial charge on any atom is 0.250 e. The fourth-order valence-electron chi connectivity index (χ4n) is 1.94. The van der Waals surface area contributed by atoms with Crippen LogP contribution >= 0.6 is 11.3 Å². The fraction of sp³-hybridized carbons (Fsp3) is 0.0714. The van der Waals surface area contributed by atoms with E-state index in [4.69, 9.17) is 11.5 Å². The monoisotopic (exact) mass is 299 g/mol. The van der Waals surface area contributed by atoms with Crippen LogP contribution in [-0.2, 0) is 0 Å². The van der Waals surface area contributed by atoms with E-state index in [1.807, 2.05) is 19.1 Å². The van der Waals surface area contributed by atoms with Crippen LogP contribution in [0.1, 0.15) is 15.9 Å². The highest BCUT2D eigenvalue weighted by Gasteiger charge is 2.10. The van der Waals surface area contributed by atoms with Gasteiger partial charge in [-0.25, -0.2) is 9.97 Å². The van der Waals surface area contributed by atoms with Crippen LogP contribution in [0.3, 0.4) is 0 Å². The van der Waals surface area contributed by atoms with Crippen molar-refractivity contribution in [2.75, 3.05) is 11.1 Å². The zero-order valence-corrected chi connectivity index (χ0v) is 12.1. The minimum atomic E-state index is -0.585. The van der Waals surface area contributed by atoms with Crippen LogP contribution in [0.5, 0.6) is 0 Å². The highest BCUT2D eigenvalue weighted by atomic mass is 32.1. The van der Waals surface area contributed by atoms with Crippen molar-refractivity contribution in [2.24, 2.45) is 5.73 Å². The van der Waals surface area contributed by atoms with Gasteiger partial charge in [-0.2, -0.15) is 0 Å². The second-order valence-corrected chi connectivity index (χ2v) is 5.67. The zero-order valence-electron chi connectivity index (χ0n) is 11.3. The van der Waals surface area contributed by atoms with Gasteiger partial charge in [0.2, 0.25) is 0 Å². The summed E-state index contributed by atoms with van der Waals surface area (Å²) in [7, 11) is 0. The van der Waals surface area contributed by atoms with Crippen LogP contribution in [-0.4, -0.2) is 15.9 Å². The average Bonchev–Trinajstić information content (AvgIpc) is 2.82.